The minimum Gasteiger partial charge on any atom is -0.308 e. The molecule has 0 aliphatic carbocycles. The zero-order chi connectivity index (χ0) is 13.8. The molecular weight excluding hydrogens is 328 g/mol. The smallest absolute Gasteiger partial charge is 0.308 e. The Morgan fingerprint density at radius 3 is 2.68 bits per heavy atom. The first-order valence-electron chi connectivity index (χ1n) is 5.64. The average molecular weight is 340 g/mol. The summed E-state index contributed by atoms with van der Waals surface area (Å²) in [7, 11) is 0. The van der Waals surface area contributed by atoms with E-state index in [0.717, 1.165) is 10.0 Å². The molecule has 2 rings (SSSR count). The predicted octanol–water partition coefficient (Wildman–Crippen LogP) is 5.05. The van der Waals surface area contributed by atoms with E-state index in [0.29, 0.717) is 16.4 Å². The number of halogens is 2. The molecule has 0 saturated carbocycles. The van der Waals surface area contributed by atoms with Crippen LogP contribution >= 0.6 is 27.5 Å². The van der Waals surface area contributed by atoms with Gasteiger partial charge < -0.3 is 10.6 Å². The standard InChI is InChI=1S/C14H12BrClN2O/c1-9-5-6-11(16)8-13(9)18-14(19)17-12-4-2-3-10(15)7-12/h2-8H,1H3,(H2,17,18,19). The van der Waals surface area contributed by atoms with Gasteiger partial charge in [0, 0.05) is 20.9 Å². The normalized spacial score (nSPS) is 10.1. The summed E-state index contributed by atoms with van der Waals surface area (Å²) in [6.07, 6.45) is 0. The Morgan fingerprint density at radius 2 is 1.95 bits per heavy atom. The molecule has 0 heterocycles. The van der Waals surface area contributed by atoms with Gasteiger partial charge in [-0.3, -0.25) is 0 Å². The van der Waals surface area contributed by atoms with E-state index in [1.165, 1.54) is 0 Å². The third-order valence-corrected chi connectivity index (χ3v) is 3.26. The van der Waals surface area contributed by atoms with Crippen molar-refractivity contribution < 1.29 is 4.79 Å². The summed E-state index contributed by atoms with van der Waals surface area (Å²) >= 11 is 9.25. The van der Waals surface area contributed by atoms with Crippen molar-refractivity contribution in [2.75, 3.05) is 10.6 Å². The molecule has 0 atom stereocenters. The topological polar surface area (TPSA) is 41.1 Å². The van der Waals surface area contributed by atoms with Crippen molar-refractivity contribution in [3.8, 4) is 0 Å². The van der Waals surface area contributed by atoms with Gasteiger partial charge in [0.1, 0.15) is 0 Å². The Kier molecular flexibility index (Phi) is 4.45. The van der Waals surface area contributed by atoms with Gasteiger partial charge in [-0.25, -0.2) is 4.79 Å². The number of anilines is 2. The van der Waals surface area contributed by atoms with Crippen LogP contribution in [-0.2, 0) is 0 Å². The first kappa shape index (κ1) is 13.9. The molecule has 2 amide bonds. The van der Waals surface area contributed by atoms with Gasteiger partial charge in [-0.05, 0) is 42.8 Å². The highest BCUT2D eigenvalue weighted by atomic mass is 79.9. The molecular formula is C14H12BrClN2O. The Bertz CT molecular complexity index is 616. The number of urea groups is 1. The quantitative estimate of drug-likeness (QED) is 0.789. The van der Waals surface area contributed by atoms with Gasteiger partial charge in [0.2, 0.25) is 0 Å². The lowest BCUT2D eigenvalue weighted by Gasteiger charge is -2.10. The van der Waals surface area contributed by atoms with E-state index in [1.807, 2.05) is 37.3 Å². The molecule has 0 spiro atoms. The van der Waals surface area contributed by atoms with Crippen molar-refractivity contribution >= 4 is 44.9 Å². The molecule has 2 N–H and O–H groups in total. The van der Waals surface area contributed by atoms with Crippen molar-refractivity contribution in [1.29, 1.82) is 0 Å². The number of hydrogen-bond donors (Lipinski definition) is 2. The number of benzene rings is 2. The van der Waals surface area contributed by atoms with E-state index in [2.05, 4.69) is 26.6 Å². The van der Waals surface area contributed by atoms with Crippen LogP contribution < -0.4 is 10.6 Å². The monoisotopic (exact) mass is 338 g/mol. The van der Waals surface area contributed by atoms with Crippen molar-refractivity contribution in [2.45, 2.75) is 6.92 Å². The molecule has 0 unspecified atom stereocenters. The van der Waals surface area contributed by atoms with Crippen LogP contribution in [-0.4, -0.2) is 6.03 Å². The summed E-state index contributed by atoms with van der Waals surface area (Å²) in [6, 6.07) is 12.4. The lowest BCUT2D eigenvalue weighted by Crippen LogP contribution is -2.19. The molecule has 0 saturated heterocycles. The van der Waals surface area contributed by atoms with Gasteiger partial charge in [0.15, 0.2) is 0 Å². The second kappa shape index (κ2) is 6.08. The highest BCUT2D eigenvalue weighted by molar-refractivity contribution is 9.10. The fourth-order valence-electron chi connectivity index (χ4n) is 1.58. The van der Waals surface area contributed by atoms with Gasteiger partial charge >= 0.3 is 6.03 Å². The molecule has 0 bridgehead atoms. The molecule has 5 heteroatoms. The molecule has 2 aromatic rings. The van der Waals surface area contributed by atoms with Gasteiger partial charge in [0.05, 0.1) is 0 Å². The lowest BCUT2D eigenvalue weighted by atomic mass is 10.2. The Labute approximate surface area is 125 Å². The molecule has 0 fully saturated rings. The van der Waals surface area contributed by atoms with Crippen LogP contribution in [0.5, 0.6) is 0 Å². The second-order valence-corrected chi connectivity index (χ2v) is 5.40. The molecule has 0 aromatic heterocycles. The van der Waals surface area contributed by atoms with Crippen LogP contribution in [0.2, 0.25) is 5.02 Å². The first-order chi connectivity index (χ1) is 9.04. The first-order valence-corrected chi connectivity index (χ1v) is 6.81. The molecule has 3 nitrogen and oxygen atoms in total. The van der Waals surface area contributed by atoms with Crippen molar-refractivity contribution in [3.05, 3.63) is 57.5 Å². The molecule has 19 heavy (non-hydrogen) atoms. The molecule has 0 radical (unpaired) electrons. The number of hydrogen-bond acceptors (Lipinski definition) is 1. The van der Waals surface area contributed by atoms with E-state index in [1.54, 1.807) is 12.1 Å². The van der Waals surface area contributed by atoms with Gasteiger partial charge in [-0.15, -0.1) is 0 Å². The number of amides is 2. The SMILES string of the molecule is Cc1ccc(Cl)cc1NC(=O)Nc1cccc(Br)c1. The van der Waals surface area contributed by atoms with Crippen molar-refractivity contribution in [3.63, 3.8) is 0 Å². The van der Waals surface area contributed by atoms with Gasteiger partial charge in [0.25, 0.3) is 0 Å². The maximum Gasteiger partial charge on any atom is 0.323 e. The van der Waals surface area contributed by atoms with Crippen LogP contribution in [0, 0.1) is 6.92 Å². The van der Waals surface area contributed by atoms with Crippen LogP contribution in [0.3, 0.4) is 0 Å². The summed E-state index contributed by atoms with van der Waals surface area (Å²) in [4.78, 5) is 11.9. The Hall–Kier alpha value is -1.52. The zero-order valence-electron chi connectivity index (χ0n) is 10.2. The fraction of sp³-hybridized carbons (Fsp3) is 0.0714. The summed E-state index contributed by atoms with van der Waals surface area (Å²) in [6.45, 7) is 1.91. The second-order valence-electron chi connectivity index (χ2n) is 4.05. The predicted molar refractivity (Wildman–Crippen MR) is 83.0 cm³/mol. The van der Waals surface area contributed by atoms with E-state index >= 15 is 0 Å². The minimum absolute atomic E-state index is 0.302. The highest BCUT2D eigenvalue weighted by Gasteiger charge is 2.05. The van der Waals surface area contributed by atoms with E-state index < -0.39 is 0 Å². The molecule has 0 aliphatic rings. The zero-order valence-corrected chi connectivity index (χ0v) is 12.5. The minimum atomic E-state index is -0.302. The number of aryl methyl sites for hydroxylation is 1. The van der Waals surface area contributed by atoms with Crippen LogP contribution in [0.15, 0.2) is 46.9 Å². The largest absolute Gasteiger partial charge is 0.323 e. The summed E-state index contributed by atoms with van der Waals surface area (Å²) in [5.74, 6) is 0. The maximum atomic E-state index is 11.9. The van der Waals surface area contributed by atoms with Gasteiger partial charge in [-0.1, -0.05) is 39.7 Å². The van der Waals surface area contributed by atoms with Crippen LogP contribution in [0.25, 0.3) is 0 Å². The highest BCUT2D eigenvalue weighted by Crippen LogP contribution is 2.21. The van der Waals surface area contributed by atoms with E-state index in [9.17, 15) is 4.79 Å². The number of nitrogens with one attached hydrogen (secondary N) is 2. The number of carbonyl (C=O) groups excluding carboxylic acids is 1. The average Bonchev–Trinajstić information content (AvgIpc) is 2.34. The third-order valence-electron chi connectivity index (χ3n) is 2.53. The third kappa shape index (κ3) is 3.98. The summed E-state index contributed by atoms with van der Waals surface area (Å²) in [5.41, 5.74) is 2.36. The van der Waals surface area contributed by atoms with Crippen molar-refractivity contribution in [1.82, 2.24) is 0 Å². The fourth-order valence-corrected chi connectivity index (χ4v) is 2.15. The summed E-state index contributed by atoms with van der Waals surface area (Å²) < 4.78 is 0.907. The van der Waals surface area contributed by atoms with Crippen LogP contribution in [0.4, 0.5) is 16.2 Å². The lowest BCUT2D eigenvalue weighted by molar-refractivity contribution is 0.262. The van der Waals surface area contributed by atoms with Crippen molar-refractivity contribution in [2.24, 2.45) is 0 Å². The Balaban J connectivity index is 2.07. The van der Waals surface area contributed by atoms with E-state index in [4.69, 9.17) is 11.6 Å². The van der Waals surface area contributed by atoms with Crippen LogP contribution in [0.1, 0.15) is 5.56 Å². The summed E-state index contributed by atoms with van der Waals surface area (Å²) in [5, 5.41) is 6.11. The van der Waals surface area contributed by atoms with Gasteiger partial charge in [-0.2, -0.15) is 0 Å². The van der Waals surface area contributed by atoms with E-state index in [-0.39, 0.29) is 6.03 Å². The number of rotatable bonds is 2. The molecule has 98 valence electrons. The molecule has 0 aliphatic heterocycles. The number of carbonyl (C=O) groups is 1. The Morgan fingerprint density at radius 1 is 1.16 bits per heavy atom. The molecule has 2 aromatic carbocycles. The maximum absolute atomic E-state index is 11.9.